The average Bonchev–Trinajstić information content (AvgIpc) is 2.91. The molecule has 0 spiro atoms. The van der Waals surface area contributed by atoms with Crippen molar-refractivity contribution in [2.75, 3.05) is 0 Å². The van der Waals surface area contributed by atoms with Gasteiger partial charge in [0.1, 0.15) is 10.5 Å². The largest absolute Gasteiger partial charge is 0.345 e. The molecule has 5 heteroatoms. The van der Waals surface area contributed by atoms with Crippen molar-refractivity contribution in [3.63, 3.8) is 0 Å². The van der Waals surface area contributed by atoms with Crippen LogP contribution in [0.5, 0.6) is 0 Å². The number of thiazole rings is 1. The molecule has 0 bridgehead atoms. The van der Waals surface area contributed by atoms with Gasteiger partial charge in [0, 0.05) is 11.1 Å². The molecule has 0 aliphatic rings. The van der Waals surface area contributed by atoms with Crippen LogP contribution >= 0.6 is 11.3 Å². The van der Waals surface area contributed by atoms with Gasteiger partial charge in [0.05, 0.1) is 6.04 Å². The number of nitrogens with one attached hydrogen (secondary N) is 1. The molecule has 1 amide bonds. The zero-order valence-electron chi connectivity index (χ0n) is 12.6. The molecule has 0 aliphatic heterocycles. The number of rotatable bonds is 5. The highest BCUT2D eigenvalue weighted by Crippen LogP contribution is 2.24. The lowest BCUT2D eigenvalue weighted by atomic mass is 9.92. The molecule has 112 valence electrons. The summed E-state index contributed by atoms with van der Waals surface area (Å²) < 4.78 is 0. The fourth-order valence-corrected chi connectivity index (χ4v) is 3.02. The van der Waals surface area contributed by atoms with Gasteiger partial charge >= 0.3 is 0 Å². The Labute approximate surface area is 129 Å². The molecule has 4 nitrogen and oxygen atoms in total. The maximum absolute atomic E-state index is 12.6. The topological polar surface area (TPSA) is 68.0 Å². The van der Waals surface area contributed by atoms with E-state index < -0.39 is 5.54 Å². The number of nitrogens with zero attached hydrogens (tertiary/aromatic N) is 1. The Morgan fingerprint density at radius 1 is 1.43 bits per heavy atom. The van der Waals surface area contributed by atoms with Gasteiger partial charge in [0.25, 0.3) is 0 Å². The van der Waals surface area contributed by atoms with Crippen molar-refractivity contribution < 1.29 is 4.79 Å². The van der Waals surface area contributed by atoms with Crippen molar-refractivity contribution in [2.45, 2.75) is 38.8 Å². The normalized spacial score (nSPS) is 15.2. The third kappa shape index (κ3) is 3.49. The summed E-state index contributed by atoms with van der Waals surface area (Å²) in [7, 11) is 0. The number of benzene rings is 1. The maximum Gasteiger partial charge on any atom is 0.244 e. The Kier molecular flexibility index (Phi) is 4.75. The van der Waals surface area contributed by atoms with E-state index in [1.165, 1.54) is 0 Å². The van der Waals surface area contributed by atoms with E-state index in [0.717, 1.165) is 22.7 Å². The first-order chi connectivity index (χ1) is 9.95. The SMILES string of the molecule is CCC(NC(=O)C(C)(N)c1ccccc1)c1nc(C)cs1. The summed E-state index contributed by atoms with van der Waals surface area (Å²) in [6.45, 7) is 5.71. The molecule has 0 saturated heterocycles. The van der Waals surface area contributed by atoms with Crippen molar-refractivity contribution in [1.29, 1.82) is 0 Å². The monoisotopic (exact) mass is 303 g/mol. The van der Waals surface area contributed by atoms with Gasteiger partial charge < -0.3 is 11.1 Å². The number of aromatic nitrogens is 1. The van der Waals surface area contributed by atoms with Crippen molar-refractivity contribution >= 4 is 17.2 Å². The van der Waals surface area contributed by atoms with Gasteiger partial charge in [0.15, 0.2) is 0 Å². The van der Waals surface area contributed by atoms with E-state index in [0.29, 0.717) is 0 Å². The van der Waals surface area contributed by atoms with E-state index in [-0.39, 0.29) is 11.9 Å². The van der Waals surface area contributed by atoms with Crippen molar-refractivity contribution in [1.82, 2.24) is 10.3 Å². The molecule has 1 heterocycles. The van der Waals surface area contributed by atoms with E-state index in [1.54, 1.807) is 18.3 Å². The molecule has 0 radical (unpaired) electrons. The molecule has 1 aromatic carbocycles. The minimum atomic E-state index is -1.05. The number of carbonyl (C=O) groups is 1. The van der Waals surface area contributed by atoms with E-state index in [4.69, 9.17) is 5.73 Å². The molecular weight excluding hydrogens is 282 g/mol. The molecule has 1 aromatic heterocycles. The number of aryl methyl sites for hydroxylation is 1. The lowest BCUT2D eigenvalue weighted by Gasteiger charge is -2.26. The minimum Gasteiger partial charge on any atom is -0.345 e. The summed E-state index contributed by atoms with van der Waals surface area (Å²) in [5.41, 5.74) is 6.96. The van der Waals surface area contributed by atoms with Gasteiger partial charge in [-0.15, -0.1) is 11.3 Å². The Balaban J connectivity index is 2.16. The standard InChI is InChI=1S/C16H21N3OS/c1-4-13(14-18-11(2)10-21-14)19-15(20)16(3,17)12-8-6-5-7-9-12/h5-10,13H,4,17H2,1-3H3,(H,19,20). The quantitative estimate of drug-likeness (QED) is 0.892. The lowest BCUT2D eigenvalue weighted by molar-refractivity contribution is -0.126. The highest BCUT2D eigenvalue weighted by Gasteiger charge is 2.32. The summed E-state index contributed by atoms with van der Waals surface area (Å²) in [5, 5.41) is 5.93. The van der Waals surface area contributed by atoms with Crippen molar-refractivity contribution in [3.05, 3.63) is 52.0 Å². The van der Waals surface area contributed by atoms with Crippen molar-refractivity contribution in [2.24, 2.45) is 5.73 Å². The minimum absolute atomic E-state index is 0.0946. The zero-order chi connectivity index (χ0) is 15.5. The zero-order valence-corrected chi connectivity index (χ0v) is 13.4. The van der Waals surface area contributed by atoms with Crippen LogP contribution in [0.3, 0.4) is 0 Å². The number of hydrogen-bond donors (Lipinski definition) is 2. The van der Waals surface area contributed by atoms with Crippen LogP contribution in [0.25, 0.3) is 0 Å². The van der Waals surface area contributed by atoms with Crippen LogP contribution in [-0.2, 0) is 10.3 Å². The van der Waals surface area contributed by atoms with Gasteiger partial charge in [-0.1, -0.05) is 37.3 Å². The second-order valence-electron chi connectivity index (χ2n) is 5.33. The number of carbonyl (C=O) groups excluding carboxylic acids is 1. The smallest absolute Gasteiger partial charge is 0.244 e. The van der Waals surface area contributed by atoms with Gasteiger partial charge in [-0.3, -0.25) is 4.79 Å². The first-order valence-electron chi connectivity index (χ1n) is 7.02. The van der Waals surface area contributed by atoms with Crippen LogP contribution in [0.4, 0.5) is 0 Å². The second-order valence-corrected chi connectivity index (χ2v) is 6.22. The summed E-state index contributed by atoms with van der Waals surface area (Å²) in [4.78, 5) is 17.0. The molecular formula is C16H21N3OS. The third-order valence-corrected chi connectivity index (χ3v) is 4.57. The molecule has 2 unspecified atom stereocenters. The third-order valence-electron chi connectivity index (χ3n) is 3.49. The van der Waals surface area contributed by atoms with Gasteiger partial charge in [0.2, 0.25) is 5.91 Å². The molecule has 0 saturated carbocycles. The first kappa shape index (κ1) is 15.7. The lowest BCUT2D eigenvalue weighted by Crippen LogP contribution is -2.49. The van der Waals surface area contributed by atoms with Crippen LogP contribution < -0.4 is 11.1 Å². The highest BCUT2D eigenvalue weighted by molar-refractivity contribution is 7.09. The Morgan fingerprint density at radius 2 is 2.10 bits per heavy atom. The summed E-state index contributed by atoms with van der Waals surface area (Å²) in [6, 6.07) is 9.32. The molecule has 21 heavy (non-hydrogen) atoms. The summed E-state index contributed by atoms with van der Waals surface area (Å²) >= 11 is 1.56. The Hall–Kier alpha value is -1.72. The number of amides is 1. The second kappa shape index (κ2) is 6.37. The molecule has 2 atom stereocenters. The van der Waals surface area contributed by atoms with Crippen LogP contribution in [-0.4, -0.2) is 10.9 Å². The van der Waals surface area contributed by atoms with E-state index in [2.05, 4.69) is 10.3 Å². The van der Waals surface area contributed by atoms with Gasteiger partial charge in [-0.05, 0) is 25.8 Å². The van der Waals surface area contributed by atoms with Crippen molar-refractivity contribution in [3.8, 4) is 0 Å². The highest BCUT2D eigenvalue weighted by atomic mass is 32.1. The van der Waals surface area contributed by atoms with Crippen LogP contribution in [0.1, 0.15) is 42.6 Å². The van der Waals surface area contributed by atoms with Gasteiger partial charge in [-0.25, -0.2) is 4.98 Å². The fourth-order valence-electron chi connectivity index (χ4n) is 2.09. The summed E-state index contributed by atoms with van der Waals surface area (Å²) in [5.74, 6) is -0.187. The fraction of sp³-hybridized carbons (Fsp3) is 0.375. The van der Waals surface area contributed by atoms with Gasteiger partial charge in [-0.2, -0.15) is 0 Å². The Bertz CT molecular complexity index is 607. The molecule has 2 aromatic rings. The molecule has 2 rings (SSSR count). The average molecular weight is 303 g/mol. The predicted octanol–water partition coefficient (Wildman–Crippen LogP) is 2.89. The molecule has 0 fully saturated rings. The van der Waals surface area contributed by atoms with E-state index in [1.807, 2.05) is 49.6 Å². The van der Waals surface area contributed by atoms with Crippen LogP contribution in [0.2, 0.25) is 0 Å². The van der Waals surface area contributed by atoms with Crippen LogP contribution in [0.15, 0.2) is 35.7 Å². The molecule has 0 aliphatic carbocycles. The molecule has 3 N–H and O–H groups in total. The first-order valence-corrected chi connectivity index (χ1v) is 7.90. The van der Waals surface area contributed by atoms with E-state index in [9.17, 15) is 4.79 Å². The predicted molar refractivity (Wildman–Crippen MR) is 86.0 cm³/mol. The van der Waals surface area contributed by atoms with Crippen LogP contribution in [0, 0.1) is 6.92 Å². The maximum atomic E-state index is 12.6. The Morgan fingerprint density at radius 3 is 2.62 bits per heavy atom. The van der Waals surface area contributed by atoms with E-state index >= 15 is 0 Å². The number of nitrogens with two attached hydrogens (primary N) is 1. The summed E-state index contributed by atoms with van der Waals surface area (Å²) in [6.07, 6.45) is 0.781. The number of hydrogen-bond acceptors (Lipinski definition) is 4.